The van der Waals surface area contributed by atoms with Crippen LogP contribution >= 0.6 is 0 Å². The quantitative estimate of drug-likeness (QED) is 0.131. The first-order valence-corrected chi connectivity index (χ1v) is 18.3. The second-order valence-electron chi connectivity index (χ2n) is 14.3. The van der Waals surface area contributed by atoms with Crippen LogP contribution in [0.2, 0.25) is 0 Å². The highest BCUT2D eigenvalue weighted by molar-refractivity contribution is 6.03. The number of piperidine rings is 1. The Bertz CT molecular complexity index is 1960. The number of pyridine rings is 1. The monoisotopic (exact) mass is 697 g/mol. The molecule has 1 aliphatic carbocycles. The minimum Gasteiger partial charge on any atom is -0.508 e. The van der Waals surface area contributed by atoms with Crippen molar-refractivity contribution in [1.29, 1.82) is 0 Å². The number of terminal acetylenes is 1. The fraction of sp³-hybridized carbons (Fsp3) is 0.500. The van der Waals surface area contributed by atoms with Crippen LogP contribution in [0.25, 0.3) is 32.9 Å². The Morgan fingerprint density at radius 1 is 1.16 bits per heavy atom. The van der Waals surface area contributed by atoms with Gasteiger partial charge in [0, 0.05) is 54.7 Å². The lowest BCUT2D eigenvalue weighted by molar-refractivity contribution is -0.108. The average Bonchev–Trinajstić information content (AvgIpc) is 3.39. The first-order chi connectivity index (χ1) is 24.9. The van der Waals surface area contributed by atoms with Gasteiger partial charge in [-0.2, -0.15) is 9.97 Å². The van der Waals surface area contributed by atoms with Crippen LogP contribution in [-0.2, 0) is 9.53 Å². The molecule has 51 heavy (non-hydrogen) atoms. The Kier molecular flexibility index (Phi) is 10.3. The molecule has 11 heteroatoms. The SMILES string of the molecule is C#Cc1c(F)ccc2cc(O)cc(-c3ncc4c(N5CCCOCC5)nc(OCC56CCCC5N(CCC(CC)CC=O)CCC6)nc4c3F)c12. The summed E-state index contributed by atoms with van der Waals surface area (Å²) < 4.78 is 44.1. The third-order valence-electron chi connectivity index (χ3n) is 11.4. The van der Waals surface area contributed by atoms with Crippen LogP contribution in [0.3, 0.4) is 0 Å². The lowest BCUT2D eigenvalue weighted by Crippen LogP contribution is -2.52. The average molecular weight is 698 g/mol. The zero-order valence-corrected chi connectivity index (χ0v) is 29.2. The minimum absolute atomic E-state index is 0.0202. The molecule has 0 amide bonds. The largest absolute Gasteiger partial charge is 0.508 e. The molecule has 9 nitrogen and oxygen atoms in total. The van der Waals surface area contributed by atoms with Crippen molar-refractivity contribution >= 4 is 33.8 Å². The number of phenols is 1. The summed E-state index contributed by atoms with van der Waals surface area (Å²) in [6, 6.07) is 5.98. The van der Waals surface area contributed by atoms with Crippen LogP contribution in [0, 0.1) is 35.3 Å². The molecule has 7 rings (SSSR count). The maximum Gasteiger partial charge on any atom is 0.319 e. The first-order valence-electron chi connectivity index (χ1n) is 18.3. The van der Waals surface area contributed by atoms with E-state index in [-0.39, 0.29) is 44.9 Å². The number of nitrogens with zero attached hydrogens (tertiary/aromatic N) is 5. The molecule has 3 atom stereocenters. The number of carbonyl (C=O) groups is 1. The van der Waals surface area contributed by atoms with E-state index in [4.69, 9.17) is 20.9 Å². The number of hydrogen-bond donors (Lipinski definition) is 1. The number of phenolic OH excluding ortho intramolecular Hbond substituents is 1. The van der Waals surface area contributed by atoms with Crippen LogP contribution in [-0.4, -0.2) is 83.3 Å². The number of rotatable bonds is 11. The van der Waals surface area contributed by atoms with Gasteiger partial charge in [0.15, 0.2) is 5.82 Å². The fourth-order valence-electron chi connectivity index (χ4n) is 8.69. The molecule has 1 saturated carbocycles. The minimum atomic E-state index is -0.743. The van der Waals surface area contributed by atoms with Crippen molar-refractivity contribution in [3.05, 3.63) is 47.7 Å². The molecule has 2 aliphatic heterocycles. The van der Waals surface area contributed by atoms with Crippen molar-refractivity contribution in [2.45, 2.75) is 70.8 Å². The van der Waals surface area contributed by atoms with E-state index >= 15 is 4.39 Å². The van der Waals surface area contributed by atoms with Gasteiger partial charge >= 0.3 is 6.01 Å². The molecule has 3 aliphatic rings. The maximum absolute atomic E-state index is 16.9. The van der Waals surface area contributed by atoms with Gasteiger partial charge in [0.05, 0.1) is 24.2 Å². The Balaban J connectivity index is 1.27. The molecule has 2 saturated heterocycles. The molecular formula is C40H45F2N5O4. The van der Waals surface area contributed by atoms with Gasteiger partial charge in [0.2, 0.25) is 0 Å². The first kappa shape index (κ1) is 35.0. The van der Waals surface area contributed by atoms with E-state index in [9.17, 15) is 14.3 Å². The van der Waals surface area contributed by atoms with Gasteiger partial charge in [0.25, 0.3) is 0 Å². The Morgan fingerprint density at radius 2 is 2.02 bits per heavy atom. The molecule has 3 unspecified atom stereocenters. The number of carbonyl (C=O) groups excluding carboxylic acids is 1. The van der Waals surface area contributed by atoms with E-state index in [1.54, 1.807) is 0 Å². The molecule has 2 aromatic carbocycles. The normalized spacial score (nSPS) is 21.7. The number of halogens is 2. The molecule has 4 aromatic rings. The van der Waals surface area contributed by atoms with Gasteiger partial charge in [-0.05, 0) is 81.1 Å². The second kappa shape index (κ2) is 15.1. The summed E-state index contributed by atoms with van der Waals surface area (Å²) in [5, 5.41) is 11.8. The highest BCUT2D eigenvalue weighted by Gasteiger charge is 2.48. The number of hydrogen-bond acceptors (Lipinski definition) is 9. The van der Waals surface area contributed by atoms with E-state index in [1.165, 1.54) is 30.5 Å². The molecule has 268 valence electrons. The molecule has 3 fully saturated rings. The Labute approximate surface area is 297 Å². The third-order valence-corrected chi connectivity index (χ3v) is 11.4. The van der Waals surface area contributed by atoms with Crippen molar-refractivity contribution < 1.29 is 28.2 Å². The molecule has 0 bridgehead atoms. The predicted octanol–water partition coefficient (Wildman–Crippen LogP) is 7.06. The van der Waals surface area contributed by atoms with Crippen LogP contribution in [0.1, 0.15) is 70.3 Å². The summed E-state index contributed by atoms with van der Waals surface area (Å²) in [5.74, 6) is 1.80. The maximum atomic E-state index is 16.9. The summed E-state index contributed by atoms with van der Waals surface area (Å²) in [6.07, 6.45) is 17.0. The van der Waals surface area contributed by atoms with Crippen molar-refractivity contribution in [2.24, 2.45) is 11.3 Å². The van der Waals surface area contributed by atoms with E-state index in [0.717, 1.165) is 70.7 Å². The van der Waals surface area contributed by atoms with Crippen LogP contribution in [0.5, 0.6) is 11.8 Å². The summed E-state index contributed by atoms with van der Waals surface area (Å²) in [7, 11) is 0. The summed E-state index contributed by atoms with van der Waals surface area (Å²) in [5.41, 5.74) is -0.0419. The Morgan fingerprint density at radius 3 is 2.84 bits per heavy atom. The van der Waals surface area contributed by atoms with Crippen LogP contribution in [0.15, 0.2) is 30.5 Å². The lowest BCUT2D eigenvalue weighted by atomic mass is 9.75. The highest BCUT2D eigenvalue weighted by atomic mass is 19.1. The number of likely N-dealkylation sites (tertiary alicyclic amines) is 1. The standard InChI is InChI=1S/C40H45F2N5O4/c1-3-26(12-19-48)11-17-46-15-6-14-40(13-5-8-33(40)46)25-51-39-44-37-31(38(45-39)47-16-7-20-50-21-18-47)24-43-36(35(37)42)30-23-28(49)22-27-9-10-32(41)29(4-2)34(27)30/h2,9-10,19,22-24,26,33,49H,3,5-8,11-18,20-21,25H2,1H3. The van der Waals surface area contributed by atoms with Crippen LogP contribution in [0.4, 0.5) is 14.6 Å². The molecule has 0 spiro atoms. The zero-order chi connectivity index (χ0) is 35.5. The molecule has 0 radical (unpaired) electrons. The van der Waals surface area contributed by atoms with Crippen molar-refractivity contribution in [2.75, 3.05) is 50.9 Å². The van der Waals surface area contributed by atoms with Gasteiger partial charge in [0.1, 0.15) is 34.9 Å². The third kappa shape index (κ3) is 6.84. The van der Waals surface area contributed by atoms with Gasteiger partial charge in [-0.1, -0.05) is 31.8 Å². The topological polar surface area (TPSA) is 101 Å². The van der Waals surface area contributed by atoms with Gasteiger partial charge in [-0.25, -0.2) is 8.78 Å². The number of ether oxygens (including phenoxy) is 2. The van der Waals surface area contributed by atoms with Crippen molar-refractivity contribution in [1.82, 2.24) is 19.9 Å². The van der Waals surface area contributed by atoms with Crippen LogP contribution < -0.4 is 9.64 Å². The van der Waals surface area contributed by atoms with Crippen molar-refractivity contribution in [3.63, 3.8) is 0 Å². The fourth-order valence-corrected chi connectivity index (χ4v) is 8.69. The molecule has 2 aromatic heterocycles. The van der Waals surface area contributed by atoms with Gasteiger partial charge < -0.3 is 24.3 Å². The number of aromatic hydroxyl groups is 1. The number of fused-ring (bicyclic) bond motifs is 3. The summed E-state index contributed by atoms with van der Waals surface area (Å²) in [6.45, 7) is 6.88. The lowest BCUT2D eigenvalue weighted by Gasteiger charge is -2.46. The molecular weight excluding hydrogens is 652 g/mol. The number of aldehydes is 1. The van der Waals surface area contributed by atoms with E-state index in [2.05, 4.69) is 32.6 Å². The molecule has 4 heterocycles. The summed E-state index contributed by atoms with van der Waals surface area (Å²) >= 11 is 0. The molecule has 1 N–H and O–H groups in total. The number of benzene rings is 2. The predicted molar refractivity (Wildman–Crippen MR) is 193 cm³/mol. The number of aromatic nitrogens is 3. The summed E-state index contributed by atoms with van der Waals surface area (Å²) in [4.78, 5) is 29.9. The van der Waals surface area contributed by atoms with E-state index < -0.39 is 11.6 Å². The van der Waals surface area contributed by atoms with E-state index in [1.807, 2.05) is 0 Å². The van der Waals surface area contributed by atoms with Gasteiger partial charge in [-0.3, -0.25) is 9.88 Å². The van der Waals surface area contributed by atoms with E-state index in [0.29, 0.717) is 67.9 Å². The van der Waals surface area contributed by atoms with Gasteiger partial charge in [-0.15, -0.1) is 6.42 Å². The number of anilines is 1. The smallest absolute Gasteiger partial charge is 0.319 e. The van der Waals surface area contributed by atoms with Crippen molar-refractivity contribution in [3.8, 4) is 35.4 Å². The Hall–Kier alpha value is -4.40. The second-order valence-corrected chi connectivity index (χ2v) is 14.3. The highest BCUT2D eigenvalue weighted by Crippen LogP contribution is 2.48. The zero-order valence-electron chi connectivity index (χ0n) is 29.2.